The Balaban J connectivity index is 2.71. The highest BCUT2D eigenvalue weighted by molar-refractivity contribution is 5.17. The van der Waals surface area contributed by atoms with Crippen LogP contribution in [0.5, 0.6) is 0 Å². The van der Waals surface area contributed by atoms with E-state index in [4.69, 9.17) is 4.74 Å². The lowest BCUT2D eigenvalue weighted by Gasteiger charge is -2.17. The van der Waals surface area contributed by atoms with Crippen LogP contribution in [0, 0.1) is 0 Å². The zero-order chi connectivity index (χ0) is 8.97. The van der Waals surface area contributed by atoms with Gasteiger partial charge in [0.15, 0.2) is 0 Å². The molecule has 1 aromatic carbocycles. The van der Waals surface area contributed by atoms with Gasteiger partial charge in [0.2, 0.25) is 0 Å². The minimum absolute atomic E-state index is 0.160. The largest absolute Gasteiger partial charge is 0.386 e. The van der Waals surface area contributed by atoms with Gasteiger partial charge in [-0.3, -0.25) is 0 Å². The van der Waals surface area contributed by atoms with Crippen LogP contribution in [-0.2, 0) is 4.74 Å². The maximum Gasteiger partial charge on any atom is 0.105 e. The van der Waals surface area contributed by atoms with Crippen molar-refractivity contribution in [2.75, 3.05) is 7.11 Å². The normalized spacial score (nSPS) is 15.6. The lowest BCUT2D eigenvalue weighted by Crippen LogP contribution is -2.16. The van der Waals surface area contributed by atoms with E-state index >= 15 is 0 Å². The van der Waals surface area contributed by atoms with Gasteiger partial charge < -0.3 is 9.84 Å². The van der Waals surface area contributed by atoms with Crippen molar-refractivity contribution in [2.24, 2.45) is 0 Å². The highest BCUT2D eigenvalue weighted by Gasteiger charge is 2.14. The van der Waals surface area contributed by atoms with Crippen LogP contribution in [0.25, 0.3) is 0 Å². The second kappa shape index (κ2) is 4.24. The molecule has 2 atom stereocenters. The van der Waals surface area contributed by atoms with Crippen molar-refractivity contribution in [3.8, 4) is 0 Å². The Hall–Kier alpha value is -0.860. The molecule has 0 aliphatic carbocycles. The molecule has 0 bridgehead atoms. The van der Waals surface area contributed by atoms with E-state index < -0.39 is 6.10 Å². The maximum atomic E-state index is 9.66. The van der Waals surface area contributed by atoms with Gasteiger partial charge >= 0.3 is 0 Å². The second-order valence-electron chi connectivity index (χ2n) is 2.80. The van der Waals surface area contributed by atoms with Gasteiger partial charge in [-0.05, 0) is 12.5 Å². The van der Waals surface area contributed by atoms with Crippen molar-refractivity contribution >= 4 is 0 Å². The van der Waals surface area contributed by atoms with Gasteiger partial charge in [-0.15, -0.1) is 0 Å². The van der Waals surface area contributed by atoms with Gasteiger partial charge in [0.1, 0.15) is 6.10 Å². The van der Waals surface area contributed by atoms with Crippen molar-refractivity contribution in [1.82, 2.24) is 0 Å². The molecule has 0 unspecified atom stereocenters. The van der Waals surface area contributed by atoms with E-state index in [-0.39, 0.29) is 6.10 Å². The van der Waals surface area contributed by atoms with E-state index in [0.717, 1.165) is 5.56 Å². The fourth-order valence-electron chi connectivity index (χ4n) is 1.05. The minimum Gasteiger partial charge on any atom is -0.386 e. The van der Waals surface area contributed by atoms with E-state index in [2.05, 4.69) is 0 Å². The third-order valence-corrected chi connectivity index (χ3v) is 1.96. The van der Waals surface area contributed by atoms with Crippen LogP contribution in [0.1, 0.15) is 18.6 Å². The van der Waals surface area contributed by atoms with Gasteiger partial charge in [0.25, 0.3) is 0 Å². The summed E-state index contributed by atoms with van der Waals surface area (Å²) in [6.07, 6.45) is -0.691. The summed E-state index contributed by atoms with van der Waals surface area (Å²) in [5.74, 6) is 0. The molecule has 12 heavy (non-hydrogen) atoms. The Kier molecular flexibility index (Phi) is 3.26. The van der Waals surface area contributed by atoms with E-state index in [1.54, 1.807) is 7.11 Å². The van der Waals surface area contributed by atoms with E-state index in [0.29, 0.717) is 0 Å². The number of hydrogen-bond acceptors (Lipinski definition) is 2. The molecular formula is C10H14O2. The summed E-state index contributed by atoms with van der Waals surface area (Å²) in [7, 11) is 1.59. The first-order valence-corrected chi connectivity index (χ1v) is 4.01. The molecule has 0 saturated carbocycles. The third kappa shape index (κ3) is 2.06. The lowest BCUT2D eigenvalue weighted by molar-refractivity contribution is -0.00142. The van der Waals surface area contributed by atoms with Crippen molar-refractivity contribution < 1.29 is 9.84 Å². The third-order valence-electron chi connectivity index (χ3n) is 1.96. The SMILES string of the molecule is CO[C@H](C)[C@H](O)c1ccccc1. The predicted octanol–water partition coefficient (Wildman–Crippen LogP) is 1.75. The number of ether oxygens (including phenoxy) is 1. The van der Waals surface area contributed by atoms with Crippen LogP contribution in [0.2, 0.25) is 0 Å². The first kappa shape index (κ1) is 9.23. The average molecular weight is 166 g/mol. The molecule has 0 radical (unpaired) electrons. The quantitative estimate of drug-likeness (QED) is 0.741. The molecular weight excluding hydrogens is 152 g/mol. The van der Waals surface area contributed by atoms with Crippen LogP contribution in [0.15, 0.2) is 30.3 Å². The molecule has 2 heteroatoms. The summed E-state index contributed by atoms with van der Waals surface area (Å²) in [6.45, 7) is 1.84. The first-order valence-electron chi connectivity index (χ1n) is 4.01. The van der Waals surface area contributed by atoms with Crippen LogP contribution < -0.4 is 0 Å². The number of aliphatic hydroxyl groups excluding tert-OH is 1. The highest BCUT2D eigenvalue weighted by Crippen LogP contribution is 2.17. The van der Waals surface area contributed by atoms with Gasteiger partial charge in [-0.2, -0.15) is 0 Å². The Bertz CT molecular complexity index is 221. The van der Waals surface area contributed by atoms with E-state index in [1.807, 2.05) is 37.3 Å². The molecule has 2 nitrogen and oxygen atoms in total. The predicted molar refractivity (Wildman–Crippen MR) is 47.9 cm³/mol. The standard InChI is InChI=1S/C10H14O2/c1-8(12-2)10(11)9-6-4-3-5-7-9/h3-8,10-11H,1-2H3/t8-,10+/m1/s1. The van der Waals surface area contributed by atoms with Gasteiger partial charge in [0.05, 0.1) is 6.10 Å². The molecule has 0 spiro atoms. The summed E-state index contributed by atoms with van der Waals surface area (Å²) in [6, 6.07) is 9.51. The maximum absolute atomic E-state index is 9.66. The number of benzene rings is 1. The van der Waals surface area contributed by atoms with Gasteiger partial charge in [0, 0.05) is 7.11 Å². The number of rotatable bonds is 3. The van der Waals surface area contributed by atoms with Gasteiger partial charge in [-0.25, -0.2) is 0 Å². The molecule has 0 fully saturated rings. The van der Waals surface area contributed by atoms with Crippen LogP contribution in [0.4, 0.5) is 0 Å². The summed E-state index contributed by atoms with van der Waals surface area (Å²) >= 11 is 0. The molecule has 0 saturated heterocycles. The highest BCUT2D eigenvalue weighted by atomic mass is 16.5. The van der Waals surface area contributed by atoms with E-state index in [9.17, 15) is 5.11 Å². The van der Waals surface area contributed by atoms with Crippen molar-refractivity contribution in [3.63, 3.8) is 0 Å². The molecule has 66 valence electrons. The molecule has 1 rings (SSSR count). The number of hydrogen-bond donors (Lipinski definition) is 1. The lowest BCUT2D eigenvalue weighted by atomic mass is 10.1. The monoisotopic (exact) mass is 166 g/mol. The number of aliphatic hydroxyl groups is 1. The summed E-state index contributed by atoms with van der Waals surface area (Å²) in [5, 5.41) is 9.66. The zero-order valence-electron chi connectivity index (χ0n) is 7.40. The molecule has 0 amide bonds. The molecule has 1 N–H and O–H groups in total. The van der Waals surface area contributed by atoms with Crippen LogP contribution in [0.3, 0.4) is 0 Å². The second-order valence-corrected chi connectivity index (χ2v) is 2.80. The van der Waals surface area contributed by atoms with Crippen LogP contribution in [-0.4, -0.2) is 18.3 Å². The van der Waals surface area contributed by atoms with Crippen molar-refractivity contribution in [3.05, 3.63) is 35.9 Å². The summed E-state index contributed by atoms with van der Waals surface area (Å²) < 4.78 is 5.02. The Morgan fingerprint density at radius 2 is 1.83 bits per heavy atom. The molecule has 0 aliphatic rings. The Morgan fingerprint density at radius 3 is 2.33 bits per heavy atom. The van der Waals surface area contributed by atoms with Crippen LogP contribution >= 0.6 is 0 Å². The van der Waals surface area contributed by atoms with Gasteiger partial charge in [-0.1, -0.05) is 30.3 Å². The zero-order valence-corrected chi connectivity index (χ0v) is 7.40. The smallest absolute Gasteiger partial charge is 0.105 e. The fraction of sp³-hybridized carbons (Fsp3) is 0.400. The van der Waals surface area contributed by atoms with Crippen molar-refractivity contribution in [2.45, 2.75) is 19.1 Å². The topological polar surface area (TPSA) is 29.5 Å². The molecule has 0 aromatic heterocycles. The Labute approximate surface area is 72.8 Å². The summed E-state index contributed by atoms with van der Waals surface area (Å²) in [5.41, 5.74) is 0.895. The molecule has 0 heterocycles. The summed E-state index contributed by atoms with van der Waals surface area (Å²) in [4.78, 5) is 0. The first-order chi connectivity index (χ1) is 5.75. The number of methoxy groups -OCH3 is 1. The fourth-order valence-corrected chi connectivity index (χ4v) is 1.05. The van der Waals surface area contributed by atoms with Crippen molar-refractivity contribution in [1.29, 1.82) is 0 Å². The average Bonchev–Trinajstić information content (AvgIpc) is 2.17. The molecule has 0 aliphatic heterocycles. The molecule has 1 aromatic rings. The minimum atomic E-state index is -0.531. The Morgan fingerprint density at radius 1 is 1.25 bits per heavy atom. The van der Waals surface area contributed by atoms with E-state index in [1.165, 1.54) is 0 Å².